The van der Waals surface area contributed by atoms with Crippen LogP contribution in [0.4, 0.5) is 0 Å². The van der Waals surface area contributed by atoms with Gasteiger partial charge in [0, 0.05) is 6.04 Å². The first-order chi connectivity index (χ1) is 7.31. The van der Waals surface area contributed by atoms with Gasteiger partial charge in [-0.15, -0.1) is 12.4 Å². The van der Waals surface area contributed by atoms with Crippen LogP contribution in [-0.2, 0) is 0 Å². The standard InChI is InChI=1S/C12H17NO2.ClH/c1-15-12-6-5-9(8-11(12)14)10-4-2-3-7-13-10;/h5-6,8,10,13-14H,2-4,7H2,1H3;1H/t10-;/m0./s1. The van der Waals surface area contributed by atoms with Gasteiger partial charge in [0.1, 0.15) is 0 Å². The van der Waals surface area contributed by atoms with Crippen molar-refractivity contribution >= 4 is 12.4 Å². The van der Waals surface area contributed by atoms with Crippen LogP contribution in [-0.4, -0.2) is 18.8 Å². The number of halogens is 1. The maximum absolute atomic E-state index is 9.67. The van der Waals surface area contributed by atoms with Gasteiger partial charge in [-0.1, -0.05) is 12.5 Å². The van der Waals surface area contributed by atoms with E-state index in [0.717, 1.165) is 18.5 Å². The van der Waals surface area contributed by atoms with Crippen LogP contribution in [0.3, 0.4) is 0 Å². The van der Waals surface area contributed by atoms with Crippen LogP contribution in [0.5, 0.6) is 11.5 Å². The molecule has 1 fully saturated rings. The minimum absolute atomic E-state index is 0. The number of phenolic OH excluding ortho intramolecular Hbond substituents is 1. The van der Waals surface area contributed by atoms with E-state index in [1.807, 2.05) is 12.1 Å². The lowest BCUT2D eigenvalue weighted by Crippen LogP contribution is -2.26. The Labute approximate surface area is 102 Å². The number of hydrogen-bond acceptors (Lipinski definition) is 3. The van der Waals surface area contributed by atoms with Gasteiger partial charge in [-0.3, -0.25) is 0 Å². The van der Waals surface area contributed by atoms with E-state index in [2.05, 4.69) is 5.32 Å². The van der Waals surface area contributed by atoms with Crippen molar-refractivity contribution in [2.24, 2.45) is 0 Å². The Balaban J connectivity index is 0.00000128. The van der Waals surface area contributed by atoms with E-state index >= 15 is 0 Å². The Morgan fingerprint density at radius 2 is 2.19 bits per heavy atom. The Morgan fingerprint density at radius 3 is 2.75 bits per heavy atom. The van der Waals surface area contributed by atoms with Crippen molar-refractivity contribution in [1.29, 1.82) is 0 Å². The van der Waals surface area contributed by atoms with Gasteiger partial charge >= 0.3 is 0 Å². The summed E-state index contributed by atoms with van der Waals surface area (Å²) in [6.45, 7) is 1.07. The quantitative estimate of drug-likeness (QED) is 0.839. The average Bonchev–Trinajstić information content (AvgIpc) is 2.30. The van der Waals surface area contributed by atoms with E-state index < -0.39 is 0 Å². The second kappa shape index (κ2) is 5.97. The molecule has 0 aromatic heterocycles. The first-order valence-corrected chi connectivity index (χ1v) is 5.41. The fraction of sp³-hybridized carbons (Fsp3) is 0.500. The van der Waals surface area contributed by atoms with Crippen LogP contribution < -0.4 is 10.1 Å². The second-order valence-corrected chi connectivity index (χ2v) is 3.93. The van der Waals surface area contributed by atoms with E-state index in [-0.39, 0.29) is 18.2 Å². The third-order valence-electron chi connectivity index (χ3n) is 2.92. The highest BCUT2D eigenvalue weighted by Crippen LogP contribution is 2.31. The zero-order chi connectivity index (χ0) is 10.7. The van der Waals surface area contributed by atoms with E-state index in [1.54, 1.807) is 13.2 Å². The van der Waals surface area contributed by atoms with Crippen LogP contribution in [0.25, 0.3) is 0 Å². The zero-order valence-electron chi connectivity index (χ0n) is 9.40. The zero-order valence-corrected chi connectivity index (χ0v) is 10.2. The average molecular weight is 244 g/mol. The summed E-state index contributed by atoms with van der Waals surface area (Å²) in [5, 5.41) is 13.1. The molecule has 1 aromatic rings. The summed E-state index contributed by atoms with van der Waals surface area (Å²) in [6.07, 6.45) is 3.65. The van der Waals surface area contributed by atoms with Crippen molar-refractivity contribution in [3.63, 3.8) is 0 Å². The largest absolute Gasteiger partial charge is 0.504 e. The van der Waals surface area contributed by atoms with Gasteiger partial charge in [-0.05, 0) is 37.1 Å². The number of benzene rings is 1. The number of piperidine rings is 1. The predicted octanol–water partition coefficient (Wildman–Crippen LogP) is 2.64. The van der Waals surface area contributed by atoms with Gasteiger partial charge in [0.25, 0.3) is 0 Å². The minimum Gasteiger partial charge on any atom is -0.504 e. The second-order valence-electron chi connectivity index (χ2n) is 3.93. The fourth-order valence-corrected chi connectivity index (χ4v) is 2.06. The molecule has 0 bridgehead atoms. The maximum atomic E-state index is 9.67. The highest BCUT2D eigenvalue weighted by molar-refractivity contribution is 5.85. The first-order valence-electron chi connectivity index (χ1n) is 5.41. The molecule has 16 heavy (non-hydrogen) atoms. The van der Waals surface area contributed by atoms with Crippen LogP contribution in [0.15, 0.2) is 18.2 Å². The number of aromatic hydroxyl groups is 1. The van der Waals surface area contributed by atoms with Crippen molar-refractivity contribution in [3.8, 4) is 11.5 Å². The number of hydrogen-bond donors (Lipinski definition) is 2. The molecule has 0 aliphatic carbocycles. The van der Waals surface area contributed by atoms with E-state index in [4.69, 9.17) is 4.74 Å². The molecule has 90 valence electrons. The molecule has 1 aliphatic rings. The number of nitrogens with one attached hydrogen (secondary N) is 1. The van der Waals surface area contributed by atoms with Crippen LogP contribution >= 0.6 is 12.4 Å². The monoisotopic (exact) mass is 243 g/mol. The molecule has 0 saturated carbocycles. The summed E-state index contributed by atoms with van der Waals surface area (Å²) >= 11 is 0. The summed E-state index contributed by atoms with van der Waals surface area (Å²) < 4.78 is 5.02. The molecule has 2 N–H and O–H groups in total. The van der Waals surface area contributed by atoms with Crippen molar-refractivity contribution in [2.45, 2.75) is 25.3 Å². The third-order valence-corrected chi connectivity index (χ3v) is 2.92. The van der Waals surface area contributed by atoms with Crippen LogP contribution in [0, 0.1) is 0 Å². The molecule has 0 spiro atoms. The van der Waals surface area contributed by atoms with Crippen LogP contribution in [0.2, 0.25) is 0 Å². The molecule has 1 heterocycles. The summed E-state index contributed by atoms with van der Waals surface area (Å²) in [5.74, 6) is 0.761. The Kier molecular flexibility index (Phi) is 4.90. The lowest BCUT2D eigenvalue weighted by atomic mass is 9.97. The normalized spacial score (nSPS) is 19.9. The Bertz CT molecular complexity index is 338. The van der Waals surface area contributed by atoms with Gasteiger partial charge in [0.2, 0.25) is 0 Å². The number of ether oxygens (including phenoxy) is 1. The molecule has 1 aromatic carbocycles. The van der Waals surface area contributed by atoms with Gasteiger partial charge in [-0.25, -0.2) is 0 Å². The SMILES string of the molecule is COc1ccc([C@@H]2CCCCN2)cc1O.Cl. The van der Waals surface area contributed by atoms with E-state index in [0.29, 0.717) is 11.8 Å². The van der Waals surface area contributed by atoms with Gasteiger partial charge in [-0.2, -0.15) is 0 Å². The molecule has 0 unspecified atom stereocenters. The van der Waals surface area contributed by atoms with Crippen molar-refractivity contribution < 1.29 is 9.84 Å². The molecule has 1 atom stereocenters. The minimum atomic E-state index is 0. The lowest BCUT2D eigenvalue weighted by Gasteiger charge is -2.24. The Morgan fingerprint density at radius 1 is 1.38 bits per heavy atom. The highest BCUT2D eigenvalue weighted by Gasteiger charge is 2.15. The molecule has 1 saturated heterocycles. The molecular formula is C12H18ClNO2. The lowest BCUT2D eigenvalue weighted by molar-refractivity contribution is 0.369. The Hall–Kier alpha value is -0.930. The van der Waals surface area contributed by atoms with E-state index in [9.17, 15) is 5.11 Å². The van der Waals surface area contributed by atoms with Gasteiger partial charge < -0.3 is 15.2 Å². The molecule has 4 heteroatoms. The predicted molar refractivity (Wildman–Crippen MR) is 66.5 cm³/mol. The smallest absolute Gasteiger partial charge is 0.160 e. The molecule has 3 nitrogen and oxygen atoms in total. The fourth-order valence-electron chi connectivity index (χ4n) is 2.06. The molecule has 0 amide bonds. The topological polar surface area (TPSA) is 41.5 Å². The number of phenols is 1. The summed E-state index contributed by atoms with van der Waals surface area (Å²) in [5.41, 5.74) is 1.15. The van der Waals surface area contributed by atoms with Gasteiger partial charge in [0.05, 0.1) is 7.11 Å². The van der Waals surface area contributed by atoms with E-state index in [1.165, 1.54) is 12.8 Å². The number of rotatable bonds is 2. The van der Waals surface area contributed by atoms with Crippen molar-refractivity contribution in [3.05, 3.63) is 23.8 Å². The molecule has 1 aliphatic heterocycles. The van der Waals surface area contributed by atoms with Crippen LogP contribution in [0.1, 0.15) is 30.9 Å². The molecule has 0 radical (unpaired) electrons. The van der Waals surface area contributed by atoms with Gasteiger partial charge in [0.15, 0.2) is 11.5 Å². The maximum Gasteiger partial charge on any atom is 0.160 e. The van der Waals surface area contributed by atoms with Crippen molar-refractivity contribution in [2.75, 3.05) is 13.7 Å². The summed E-state index contributed by atoms with van der Waals surface area (Å²) in [7, 11) is 1.56. The summed E-state index contributed by atoms with van der Waals surface area (Å²) in [6, 6.07) is 6.01. The first kappa shape index (κ1) is 13.1. The third kappa shape index (κ3) is 2.80. The number of methoxy groups -OCH3 is 1. The summed E-state index contributed by atoms with van der Waals surface area (Å²) in [4.78, 5) is 0. The van der Waals surface area contributed by atoms with Crippen molar-refractivity contribution in [1.82, 2.24) is 5.32 Å². The highest BCUT2D eigenvalue weighted by atomic mass is 35.5. The molecular weight excluding hydrogens is 226 g/mol. The molecule has 2 rings (SSSR count).